The van der Waals surface area contributed by atoms with Gasteiger partial charge in [-0.15, -0.1) is 11.8 Å². The molecule has 1 aromatic rings. The van der Waals surface area contributed by atoms with Crippen LogP contribution in [0.15, 0.2) is 23.2 Å². The molecule has 3 heteroatoms. The van der Waals surface area contributed by atoms with Gasteiger partial charge in [0.05, 0.1) is 11.8 Å². The Balaban J connectivity index is 2.02. The molecule has 2 aliphatic rings. The van der Waals surface area contributed by atoms with Crippen LogP contribution in [0, 0.1) is 6.92 Å². The van der Waals surface area contributed by atoms with Gasteiger partial charge in [0.2, 0.25) is 0 Å². The van der Waals surface area contributed by atoms with Crippen molar-refractivity contribution in [2.75, 3.05) is 18.8 Å². The van der Waals surface area contributed by atoms with Gasteiger partial charge in [-0.25, -0.2) is 0 Å². The second kappa shape index (κ2) is 4.13. The number of amidine groups is 1. The number of rotatable bonds is 1. The zero-order valence-electron chi connectivity index (χ0n) is 9.49. The quantitative estimate of drug-likeness (QED) is 0.803. The first-order valence-corrected chi connectivity index (χ1v) is 6.89. The van der Waals surface area contributed by atoms with E-state index in [2.05, 4.69) is 35.4 Å². The summed E-state index contributed by atoms with van der Waals surface area (Å²) >= 11 is 2.02. The second-order valence-electron chi connectivity index (χ2n) is 4.34. The van der Waals surface area contributed by atoms with E-state index in [1.54, 1.807) is 5.56 Å². The van der Waals surface area contributed by atoms with E-state index in [4.69, 9.17) is 0 Å². The Morgan fingerprint density at radius 1 is 1.44 bits per heavy atom. The highest BCUT2D eigenvalue weighted by atomic mass is 32.2. The molecular formula is C13H16N2S. The molecule has 3 rings (SSSR count). The molecule has 2 nitrogen and oxygen atoms in total. The fraction of sp³-hybridized carbons (Fsp3) is 0.462. The first kappa shape index (κ1) is 10.2. The Hall–Kier alpha value is -0.960. The molecule has 0 saturated heterocycles. The van der Waals surface area contributed by atoms with E-state index in [0.717, 1.165) is 13.1 Å². The maximum absolute atomic E-state index is 4.57. The average Bonchev–Trinajstić information content (AvgIpc) is 2.82. The van der Waals surface area contributed by atoms with Gasteiger partial charge in [-0.1, -0.05) is 18.2 Å². The van der Waals surface area contributed by atoms with Crippen LogP contribution in [0.3, 0.4) is 0 Å². The van der Waals surface area contributed by atoms with Crippen molar-refractivity contribution in [3.05, 3.63) is 34.9 Å². The minimum absolute atomic E-state index is 0.450. The minimum Gasteiger partial charge on any atom is -0.371 e. The highest BCUT2D eigenvalue weighted by Crippen LogP contribution is 2.38. The van der Waals surface area contributed by atoms with Crippen LogP contribution in [0.5, 0.6) is 0 Å². The van der Waals surface area contributed by atoms with E-state index in [1.807, 2.05) is 11.8 Å². The van der Waals surface area contributed by atoms with E-state index in [9.17, 15) is 0 Å². The molecular weight excluding hydrogens is 216 g/mol. The molecule has 1 aromatic carbocycles. The molecule has 16 heavy (non-hydrogen) atoms. The molecule has 0 amide bonds. The molecule has 0 fully saturated rings. The standard InChI is InChI=1S/C13H16N2S/c1-9-3-2-4-11-10(9)5-8-16-12(11)13-14-6-7-15-13/h2-4,12H,5-8H2,1H3,(H,14,15). The van der Waals surface area contributed by atoms with Crippen molar-refractivity contribution in [2.24, 2.45) is 4.99 Å². The first-order chi connectivity index (χ1) is 7.86. The van der Waals surface area contributed by atoms with E-state index < -0.39 is 0 Å². The van der Waals surface area contributed by atoms with Crippen molar-refractivity contribution in [1.29, 1.82) is 0 Å². The summed E-state index contributed by atoms with van der Waals surface area (Å²) in [5.41, 5.74) is 4.45. The van der Waals surface area contributed by atoms with Gasteiger partial charge in [0.1, 0.15) is 5.84 Å². The maximum Gasteiger partial charge on any atom is 0.114 e. The number of nitrogens with one attached hydrogen (secondary N) is 1. The van der Waals surface area contributed by atoms with Crippen LogP contribution in [0.2, 0.25) is 0 Å². The molecule has 0 aliphatic carbocycles. The molecule has 0 spiro atoms. The van der Waals surface area contributed by atoms with Gasteiger partial charge in [0.25, 0.3) is 0 Å². The summed E-state index contributed by atoms with van der Waals surface area (Å²) in [6, 6.07) is 6.65. The van der Waals surface area contributed by atoms with E-state index in [1.165, 1.54) is 29.1 Å². The third kappa shape index (κ3) is 1.63. The average molecular weight is 232 g/mol. The molecule has 0 radical (unpaired) electrons. The fourth-order valence-corrected chi connectivity index (χ4v) is 3.77. The van der Waals surface area contributed by atoms with Crippen LogP contribution in [-0.4, -0.2) is 24.7 Å². The Morgan fingerprint density at radius 2 is 2.38 bits per heavy atom. The number of nitrogens with zero attached hydrogens (tertiary/aromatic N) is 1. The molecule has 1 atom stereocenters. The fourth-order valence-electron chi connectivity index (χ4n) is 2.50. The van der Waals surface area contributed by atoms with Crippen LogP contribution >= 0.6 is 11.8 Å². The number of thioether (sulfide) groups is 1. The summed E-state index contributed by atoms with van der Waals surface area (Å²) in [5, 5.41) is 3.87. The molecule has 0 bridgehead atoms. The predicted octanol–water partition coefficient (Wildman–Crippen LogP) is 2.33. The van der Waals surface area contributed by atoms with Gasteiger partial charge in [-0.05, 0) is 35.8 Å². The molecule has 0 aromatic heterocycles. The highest BCUT2D eigenvalue weighted by Gasteiger charge is 2.27. The number of aryl methyl sites for hydroxylation is 1. The number of aliphatic imine (C=N–C) groups is 1. The van der Waals surface area contributed by atoms with Crippen LogP contribution in [0.25, 0.3) is 0 Å². The lowest BCUT2D eigenvalue weighted by molar-refractivity contribution is 0.945. The first-order valence-electron chi connectivity index (χ1n) is 5.84. The Bertz CT molecular complexity index is 440. The second-order valence-corrected chi connectivity index (χ2v) is 5.55. The van der Waals surface area contributed by atoms with E-state index in [-0.39, 0.29) is 0 Å². The van der Waals surface area contributed by atoms with Gasteiger partial charge in [0.15, 0.2) is 0 Å². The molecule has 1 N–H and O–H groups in total. The van der Waals surface area contributed by atoms with E-state index in [0.29, 0.717) is 5.25 Å². The van der Waals surface area contributed by atoms with Crippen molar-refractivity contribution in [3.8, 4) is 0 Å². The number of fused-ring (bicyclic) bond motifs is 1. The van der Waals surface area contributed by atoms with Crippen LogP contribution < -0.4 is 5.32 Å². The predicted molar refractivity (Wildman–Crippen MR) is 70.4 cm³/mol. The monoisotopic (exact) mass is 232 g/mol. The SMILES string of the molecule is Cc1cccc2c1CCSC2C1=NCCN1. The zero-order valence-corrected chi connectivity index (χ0v) is 10.3. The Morgan fingerprint density at radius 3 is 3.19 bits per heavy atom. The smallest absolute Gasteiger partial charge is 0.114 e. The van der Waals surface area contributed by atoms with Gasteiger partial charge in [-0.3, -0.25) is 4.99 Å². The zero-order chi connectivity index (χ0) is 11.0. The summed E-state index contributed by atoms with van der Waals surface area (Å²) in [6.45, 7) is 4.16. The van der Waals surface area contributed by atoms with Crippen LogP contribution in [-0.2, 0) is 6.42 Å². The molecule has 84 valence electrons. The highest BCUT2D eigenvalue weighted by molar-refractivity contribution is 8.00. The van der Waals surface area contributed by atoms with Crippen LogP contribution in [0.4, 0.5) is 0 Å². The normalized spacial score (nSPS) is 23.6. The lowest BCUT2D eigenvalue weighted by Gasteiger charge is -2.26. The summed E-state index contributed by atoms with van der Waals surface area (Å²) in [6.07, 6.45) is 1.20. The third-order valence-electron chi connectivity index (χ3n) is 3.31. The topological polar surface area (TPSA) is 24.4 Å². The lowest BCUT2D eigenvalue weighted by Crippen LogP contribution is -2.27. The van der Waals surface area contributed by atoms with Crippen molar-refractivity contribution < 1.29 is 0 Å². The van der Waals surface area contributed by atoms with Gasteiger partial charge in [0, 0.05) is 6.54 Å². The summed E-state index contributed by atoms with van der Waals surface area (Å²) in [5.74, 6) is 2.40. The number of benzene rings is 1. The molecule has 1 unspecified atom stereocenters. The lowest BCUT2D eigenvalue weighted by atomic mass is 9.96. The Kier molecular flexibility index (Phi) is 2.64. The minimum atomic E-state index is 0.450. The largest absolute Gasteiger partial charge is 0.371 e. The summed E-state index contributed by atoms with van der Waals surface area (Å²) in [7, 11) is 0. The molecule has 0 saturated carbocycles. The van der Waals surface area contributed by atoms with Crippen molar-refractivity contribution in [1.82, 2.24) is 5.32 Å². The van der Waals surface area contributed by atoms with Gasteiger partial charge >= 0.3 is 0 Å². The maximum atomic E-state index is 4.57. The number of hydrogen-bond acceptors (Lipinski definition) is 3. The van der Waals surface area contributed by atoms with Crippen LogP contribution in [0.1, 0.15) is 21.9 Å². The van der Waals surface area contributed by atoms with Gasteiger partial charge < -0.3 is 5.32 Å². The third-order valence-corrected chi connectivity index (χ3v) is 4.56. The van der Waals surface area contributed by atoms with Crippen molar-refractivity contribution >= 4 is 17.6 Å². The van der Waals surface area contributed by atoms with E-state index >= 15 is 0 Å². The Labute approximate surface area is 101 Å². The van der Waals surface area contributed by atoms with Crippen molar-refractivity contribution in [2.45, 2.75) is 18.6 Å². The molecule has 2 heterocycles. The molecule has 2 aliphatic heterocycles. The summed E-state index contributed by atoms with van der Waals surface area (Å²) in [4.78, 5) is 4.57. The number of hydrogen-bond donors (Lipinski definition) is 1. The summed E-state index contributed by atoms with van der Waals surface area (Å²) < 4.78 is 0. The van der Waals surface area contributed by atoms with Crippen molar-refractivity contribution in [3.63, 3.8) is 0 Å². The van der Waals surface area contributed by atoms with Gasteiger partial charge in [-0.2, -0.15) is 0 Å².